The first-order valence-electron chi connectivity index (χ1n) is 9.52. The van der Waals surface area contributed by atoms with Crippen LogP contribution in [0.1, 0.15) is 40.4 Å². The number of hydrogen-bond donors (Lipinski definition) is 2. The van der Waals surface area contributed by atoms with Crippen LogP contribution in [0.2, 0.25) is 0 Å². The Morgan fingerprint density at radius 3 is 3.00 bits per heavy atom. The number of carbonyl (C=O) groups excluding carboxylic acids is 1. The third kappa shape index (κ3) is 5.36. The number of H-pyrrole nitrogens is 1. The normalized spacial score (nSPS) is 12.9. The van der Waals surface area contributed by atoms with Crippen LogP contribution in [0.15, 0.2) is 25.7 Å². The number of rotatable bonds is 7. The van der Waals surface area contributed by atoms with Crippen molar-refractivity contribution in [2.45, 2.75) is 48.7 Å². The van der Waals surface area contributed by atoms with Crippen molar-refractivity contribution in [2.24, 2.45) is 0 Å². The Morgan fingerprint density at radius 1 is 1.35 bits per heavy atom. The molecule has 0 saturated heterocycles. The van der Waals surface area contributed by atoms with E-state index < -0.39 is 0 Å². The van der Waals surface area contributed by atoms with E-state index in [1.807, 2.05) is 0 Å². The van der Waals surface area contributed by atoms with Gasteiger partial charge in [-0.05, 0) is 38.2 Å². The smallest absolute Gasteiger partial charge is 0.277 e. The van der Waals surface area contributed by atoms with Crippen molar-refractivity contribution in [3.8, 4) is 6.07 Å². The second kappa shape index (κ2) is 9.67. The van der Waals surface area contributed by atoms with Gasteiger partial charge in [-0.2, -0.15) is 5.26 Å². The first-order valence-corrected chi connectivity index (χ1v) is 12.3. The number of fused-ring (bicyclic) bond motifs is 1. The summed E-state index contributed by atoms with van der Waals surface area (Å²) in [7, 11) is 0. The van der Waals surface area contributed by atoms with Crippen LogP contribution in [0.4, 0.5) is 5.00 Å². The summed E-state index contributed by atoms with van der Waals surface area (Å²) in [6, 6.07) is 3.66. The topological polar surface area (TPSA) is 138 Å². The summed E-state index contributed by atoms with van der Waals surface area (Å²) in [5, 5.41) is 21.6. The predicted octanol–water partition coefficient (Wildman–Crippen LogP) is 3.30. The fourth-order valence-electron chi connectivity index (χ4n) is 3.17. The zero-order chi connectivity index (χ0) is 21.8. The van der Waals surface area contributed by atoms with Crippen molar-refractivity contribution in [3.05, 3.63) is 44.0 Å². The predicted molar refractivity (Wildman–Crippen MR) is 118 cm³/mol. The van der Waals surface area contributed by atoms with Gasteiger partial charge < -0.3 is 14.7 Å². The second-order valence-corrected chi connectivity index (χ2v) is 9.80. The highest BCUT2D eigenvalue weighted by molar-refractivity contribution is 7.99. The summed E-state index contributed by atoms with van der Waals surface area (Å²) in [5.74, 6) is 0.582. The van der Waals surface area contributed by atoms with Gasteiger partial charge in [-0.3, -0.25) is 9.59 Å². The van der Waals surface area contributed by atoms with Gasteiger partial charge in [0.25, 0.3) is 10.8 Å². The van der Waals surface area contributed by atoms with Crippen molar-refractivity contribution in [2.75, 3.05) is 11.1 Å². The van der Waals surface area contributed by atoms with Gasteiger partial charge in [0, 0.05) is 16.6 Å². The quantitative estimate of drug-likeness (QED) is 0.390. The van der Waals surface area contributed by atoms with Gasteiger partial charge in [0.2, 0.25) is 11.8 Å². The van der Waals surface area contributed by atoms with Crippen molar-refractivity contribution in [1.82, 2.24) is 20.2 Å². The molecule has 0 unspecified atom stereocenters. The Hall–Kier alpha value is -2.62. The Balaban J connectivity index is 1.30. The first-order chi connectivity index (χ1) is 15.0. The molecule has 12 heteroatoms. The summed E-state index contributed by atoms with van der Waals surface area (Å²) in [6.07, 6.45) is 4.06. The average Bonchev–Trinajstić information content (AvgIpc) is 3.33. The third-order valence-electron chi connectivity index (χ3n) is 4.49. The molecule has 3 heterocycles. The molecular formula is C19H18N6O3S3. The molecule has 0 bridgehead atoms. The minimum atomic E-state index is -0.226. The average molecular weight is 475 g/mol. The number of thioether (sulfide) groups is 2. The van der Waals surface area contributed by atoms with Gasteiger partial charge in [0.15, 0.2) is 5.16 Å². The van der Waals surface area contributed by atoms with Crippen LogP contribution in [-0.2, 0) is 23.4 Å². The highest BCUT2D eigenvalue weighted by atomic mass is 32.2. The summed E-state index contributed by atoms with van der Waals surface area (Å²) in [4.78, 5) is 31.9. The number of hydrogen-bond acceptors (Lipinski definition) is 10. The van der Waals surface area contributed by atoms with Crippen molar-refractivity contribution >= 4 is 45.8 Å². The molecule has 1 aliphatic carbocycles. The molecule has 0 radical (unpaired) electrons. The molecule has 160 valence electrons. The standard InChI is InChI=1S/C19H18N6O3S3/c1-10-6-14(26)23-18(21-10)29-9-16-24-25-19(28-16)30-8-15(27)22-17-12(7-20)11-4-2-3-5-13(11)31-17/h6H,2-5,8-9H2,1H3,(H,22,27)(H,21,23,26). The van der Waals surface area contributed by atoms with E-state index in [1.54, 1.807) is 6.92 Å². The monoisotopic (exact) mass is 474 g/mol. The van der Waals surface area contributed by atoms with Crippen molar-refractivity contribution < 1.29 is 9.21 Å². The SMILES string of the molecule is Cc1cc(=O)[nH]c(SCc2nnc(SCC(=O)Nc3sc4c(c3C#N)CCCC4)o2)n1. The number of aromatic nitrogens is 4. The number of aryl methyl sites for hydroxylation is 2. The lowest BCUT2D eigenvalue weighted by atomic mass is 9.96. The van der Waals surface area contributed by atoms with Gasteiger partial charge >= 0.3 is 0 Å². The number of anilines is 1. The Kier molecular flexibility index (Phi) is 6.74. The number of nitrogens with zero attached hydrogens (tertiary/aromatic N) is 4. The molecule has 1 aliphatic rings. The zero-order valence-corrected chi connectivity index (χ0v) is 19.0. The third-order valence-corrected chi connectivity index (χ3v) is 7.38. The molecule has 0 spiro atoms. The number of carbonyl (C=O) groups is 1. The maximum atomic E-state index is 12.4. The second-order valence-electron chi connectivity index (χ2n) is 6.81. The Morgan fingerprint density at radius 2 is 2.19 bits per heavy atom. The first kappa shape index (κ1) is 21.6. The highest BCUT2D eigenvalue weighted by Crippen LogP contribution is 2.37. The number of amides is 1. The lowest BCUT2D eigenvalue weighted by molar-refractivity contribution is -0.113. The highest BCUT2D eigenvalue weighted by Gasteiger charge is 2.22. The number of nitriles is 1. The van der Waals surface area contributed by atoms with Crippen LogP contribution in [-0.4, -0.2) is 31.8 Å². The van der Waals surface area contributed by atoms with Crippen molar-refractivity contribution in [1.29, 1.82) is 5.26 Å². The van der Waals surface area contributed by atoms with E-state index in [9.17, 15) is 14.9 Å². The molecule has 4 rings (SSSR count). The van der Waals surface area contributed by atoms with Crippen LogP contribution in [0.5, 0.6) is 0 Å². The molecule has 0 atom stereocenters. The van der Waals surface area contributed by atoms with Crippen LogP contribution >= 0.6 is 34.9 Å². The summed E-state index contributed by atoms with van der Waals surface area (Å²) in [6.45, 7) is 1.75. The summed E-state index contributed by atoms with van der Waals surface area (Å²) < 4.78 is 5.55. The maximum absolute atomic E-state index is 12.4. The fraction of sp³-hybridized carbons (Fsp3) is 0.368. The molecule has 31 heavy (non-hydrogen) atoms. The number of nitrogens with one attached hydrogen (secondary N) is 2. The molecule has 2 N–H and O–H groups in total. The number of aromatic amines is 1. The van der Waals surface area contributed by atoms with E-state index >= 15 is 0 Å². The van der Waals surface area contributed by atoms with E-state index in [0.29, 0.717) is 33.1 Å². The summed E-state index contributed by atoms with van der Waals surface area (Å²) in [5.41, 5.74) is 2.10. The van der Waals surface area contributed by atoms with Crippen LogP contribution in [0.3, 0.4) is 0 Å². The van der Waals surface area contributed by atoms with Gasteiger partial charge in [0.05, 0.1) is 17.1 Å². The molecule has 0 aromatic carbocycles. The number of thiophene rings is 1. The minimum absolute atomic E-state index is 0.0922. The molecule has 9 nitrogen and oxygen atoms in total. The molecular weight excluding hydrogens is 456 g/mol. The maximum Gasteiger partial charge on any atom is 0.277 e. The lowest BCUT2D eigenvalue weighted by Crippen LogP contribution is -2.14. The van der Waals surface area contributed by atoms with E-state index in [2.05, 4.69) is 31.6 Å². The zero-order valence-electron chi connectivity index (χ0n) is 16.6. The Bertz CT molecular complexity index is 1210. The van der Waals surface area contributed by atoms with Crippen LogP contribution in [0.25, 0.3) is 0 Å². The van der Waals surface area contributed by atoms with Gasteiger partial charge in [0.1, 0.15) is 11.1 Å². The molecule has 3 aromatic heterocycles. The molecule has 3 aromatic rings. The van der Waals surface area contributed by atoms with Gasteiger partial charge in [-0.25, -0.2) is 4.98 Å². The van der Waals surface area contributed by atoms with E-state index in [1.165, 1.54) is 34.0 Å². The molecule has 0 saturated carbocycles. The van der Waals surface area contributed by atoms with E-state index in [4.69, 9.17) is 4.42 Å². The summed E-state index contributed by atoms with van der Waals surface area (Å²) >= 11 is 3.91. The van der Waals surface area contributed by atoms with Gasteiger partial charge in [-0.15, -0.1) is 21.5 Å². The fourth-order valence-corrected chi connectivity index (χ4v) is 5.76. The van der Waals surface area contributed by atoms with Crippen molar-refractivity contribution in [3.63, 3.8) is 0 Å². The van der Waals surface area contributed by atoms with Gasteiger partial charge in [-0.1, -0.05) is 23.5 Å². The molecule has 0 fully saturated rings. The lowest BCUT2D eigenvalue weighted by Gasteiger charge is -2.09. The molecule has 1 amide bonds. The van der Waals surface area contributed by atoms with Crippen LogP contribution < -0.4 is 10.9 Å². The van der Waals surface area contributed by atoms with E-state index in [-0.39, 0.29) is 22.4 Å². The van der Waals surface area contributed by atoms with E-state index in [0.717, 1.165) is 43.0 Å². The minimum Gasteiger partial charge on any atom is -0.415 e. The Labute approximate surface area is 190 Å². The van der Waals surface area contributed by atoms with Crippen LogP contribution in [0, 0.1) is 18.3 Å². The molecule has 0 aliphatic heterocycles. The largest absolute Gasteiger partial charge is 0.415 e.